The minimum absolute atomic E-state index is 0.820. The van der Waals surface area contributed by atoms with Crippen LogP contribution in [0.2, 0.25) is 0 Å². The van der Waals surface area contributed by atoms with Crippen LogP contribution < -0.4 is 21.6 Å². The van der Waals surface area contributed by atoms with Crippen molar-refractivity contribution in [1.82, 2.24) is 16.4 Å². The van der Waals surface area contributed by atoms with Crippen molar-refractivity contribution in [2.75, 3.05) is 0 Å². The summed E-state index contributed by atoms with van der Waals surface area (Å²) in [7, 11) is -3.40. The highest BCUT2D eigenvalue weighted by molar-refractivity contribution is 6.75. The van der Waals surface area contributed by atoms with Gasteiger partial charge in [0, 0.05) is 22.3 Å². The van der Waals surface area contributed by atoms with Crippen molar-refractivity contribution in [2.24, 2.45) is 0 Å². The Bertz CT molecular complexity index is 600. The van der Waals surface area contributed by atoms with E-state index in [4.69, 9.17) is 13.6 Å². The molecule has 1 rings (SSSR count). The standard InChI is InChI=1S/C21H35N3O3Si/c1-7-13-18(4)22-25-28(21-16-11-10-12-17-21,26-23-19(5)14-8-2)27-24-20(6)15-9-3/h10-17,22-24H,7-9H2,1-6H3. The molecule has 6 nitrogen and oxygen atoms in total. The van der Waals surface area contributed by atoms with Crippen molar-refractivity contribution in [3.8, 4) is 0 Å². The van der Waals surface area contributed by atoms with Crippen LogP contribution in [0.3, 0.4) is 0 Å². The van der Waals surface area contributed by atoms with Crippen LogP contribution in [0.4, 0.5) is 0 Å². The number of benzene rings is 1. The van der Waals surface area contributed by atoms with Crippen molar-refractivity contribution in [1.29, 1.82) is 0 Å². The molecule has 1 aromatic carbocycles. The van der Waals surface area contributed by atoms with E-state index in [1.165, 1.54) is 0 Å². The number of rotatable bonds is 13. The summed E-state index contributed by atoms with van der Waals surface area (Å²) in [6, 6.07) is 9.70. The largest absolute Gasteiger partial charge is 0.603 e. The Kier molecular flexibility index (Phi) is 11.3. The maximum atomic E-state index is 6.08. The van der Waals surface area contributed by atoms with E-state index in [1.54, 1.807) is 0 Å². The third-order valence-corrected chi connectivity index (χ3v) is 5.85. The highest BCUT2D eigenvalue weighted by Crippen LogP contribution is 2.10. The van der Waals surface area contributed by atoms with Gasteiger partial charge >= 0.3 is 8.80 Å². The molecule has 0 radical (unpaired) electrons. The van der Waals surface area contributed by atoms with Crippen molar-refractivity contribution in [2.45, 2.75) is 60.8 Å². The number of allylic oxidation sites excluding steroid dienone is 6. The predicted octanol–water partition coefficient (Wildman–Crippen LogP) is 4.34. The zero-order valence-electron chi connectivity index (χ0n) is 18.0. The topological polar surface area (TPSA) is 63.8 Å². The lowest BCUT2D eigenvalue weighted by atomic mass is 10.4. The van der Waals surface area contributed by atoms with Gasteiger partial charge in [0.1, 0.15) is 0 Å². The Balaban J connectivity index is 3.19. The third-order valence-electron chi connectivity index (χ3n) is 3.70. The molecule has 0 aliphatic heterocycles. The van der Waals surface area contributed by atoms with Gasteiger partial charge in [0.25, 0.3) is 0 Å². The molecule has 0 bridgehead atoms. The van der Waals surface area contributed by atoms with E-state index in [0.717, 1.165) is 41.5 Å². The van der Waals surface area contributed by atoms with E-state index in [9.17, 15) is 0 Å². The molecular formula is C21H35N3O3Si. The lowest BCUT2D eigenvalue weighted by Gasteiger charge is -2.29. The minimum Gasteiger partial charge on any atom is -0.278 e. The molecule has 0 aromatic heterocycles. The second-order valence-electron chi connectivity index (χ2n) is 6.42. The monoisotopic (exact) mass is 405 g/mol. The summed E-state index contributed by atoms with van der Waals surface area (Å²) in [5, 5.41) is 0.820. The van der Waals surface area contributed by atoms with E-state index in [1.807, 2.05) is 69.3 Å². The molecule has 0 amide bonds. The minimum atomic E-state index is -3.40. The first kappa shape index (κ1) is 24.0. The molecule has 0 fully saturated rings. The van der Waals surface area contributed by atoms with Gasteiger partial charge in [-0.1, -0.05) is 69.3 Å². The third kappa shape index (κ3) is 8.31. The molecule has 156 valence electrons. The van der Waals surface area contributed by atoms with Crippen LogP contribution in [-0.2, 0) is 13.6 Å². The Labute approximate surface area is 170 Å². The van der Waals surface area contributed by atoms with Crippen LogP contribution in [0.15, 0.2) is 65.7 Å². The van der Waals surface area contributed by atoms with Crippen molar-refractivity contribution < 1.29 is 13.6 Å². The lowest BCUT2D eigenvalue weighted by Crippen LogP contribution is -2.63. The molecule has 0 aliphatic carbocycles. The summed E-state index contributed by atoms with van der Waals surface area (Å²) in [6.45, 7) is 12.0. The Morgan fingerprint density at radius 3 is 1.39 bits per heavy atom. The van der Waals surface area contributed by atoms with Crippen LogP contribution in [-0.4, -0.2) is 8.80 Å². The Morgan fingerprint density at radius 1 is 0.714 bits per heavy atom. The number of hydroxylamine groups is 3. The molecule has 0 saturated heterocycles. The smallest absolute Gasteiger partial charge is 0.278 e. The molecular weight excluding hydrogens is 370 g/mol. The maximum Gasteiger partial charge on any atom is 0.603 e. The summed E-state index contributed by atoms with van der Waals surface area (Å²) in [6.07, 6.45) is 8.81. The van der Waals surface area contributed by atoms with Gasteiger partial charge in [0.2, 0.25) is 0 Å². The van der Waals surface area contributed by atoms with Crippen molar-refractivity contribution in [3.05, 3.63) is 65.7 Å². The van der Waals surface area contributed by atoms with Gasteiger partial charge in [-0.15, -0.1) is 0 Å². The molecule has 0 saturated carbocycles. The van der Waals surface area contributed by atoms with E-state index < -0.39 is 8.80 Å². The van der Waals surface area contributed by atoms with Gasteiger partial charge in [0.15, 0.2) is 0 Å². The van der Waals surface area contributed by atoms with E-state index >= 15 is 0 Å². The fourth-order valence-corrected chi connectivity index (χ4v) is 4.33. The van der Waals surface area contributed by atoms with Crippen LogP contribution in [0, 0.1) is 0 Å². The zero-order valence-corrected chi connectivity index (χ0v) is 19.0. The first-order valence-corrected chi connectivity index (χ1v) is 11.6. The first-order valence-electron chi connectivity index (χ1n) is 9.85. The lowest BCUT2D eigenvalue weighted by molar-refractivity contribution is -0.00451. The molecule has 28 heavy (non-hydrogen) atoms. The van der Waals surface area contributed by atoms with E-state index in [0.29, 0.717) is 0 Å². The highest BCUT2D eigenvalue weighted by Gasteiger charge is 2.48. The average molecular weight is 406 g/mol. The number of hydrogen-bond donors (Lipinski definition) is 3. The molecule has 0 spiro atoms. The first-order chi connectivity index (χ1) is 13.5. The van der Waals surface area contributed by atoms with Crippen LogP contribution in [0.25, 0.3) is 0 Å². The van der Waals surface area contributed by atoms with Gasteiger partial charge in [-0.05, 0) is 40.0 Å². The summed E-state index contributed by atoms with van der Waals surface area (Å²) < 4.78 is 18.3. The second-order valence-corrected chi connectivity index (χ2v) is 8.72. The van der Waals surface area contributed by atoms with E-state index in [2.05, 4.69) is 37.2 Å². The van der Waals surface area contributed by atoms with Gasteiger partial charge < -0.3 is 0 Å². The maximum absolute atomic E-state index is 6.08. The highest BCUT2D eigenvalue weighted by atomic mass is 28.4. The summed E-state index contributed by atoms with van der Waals surface area (Å²) in [4.78, 5) is 0. The normalized spacial score (nSPS) is 15.1. The van der Waals surface area contributed by atoms with E-state index in [-0.39, 0.29) is 0 Å². The molecule has 0 atom stereocenters. The van der Waals surface area contributed by atoms with Gasteiger partial charge in [-0.25, -0.2) is 0 Å². The summed E-state index contributed by atoms with van der Waals surface area (Å²) in [5.74, 6) is 0. The van der Waals surface area contributed by atoms with Crippen molar-refractivity contribution in [3.63, 3.8) is 0 Å². The number of nitrogens with one attached hydrogen (secondary N) is 3. The quantitative estimate of drug-likeness (QED) is 0.335. The van der Waals surface area contributed by atoms with Crippen LogP contribution in [0.1, 0.15) is 60.8 Å². The van der Waals surface area contributed by atoms with Crippen LogP contribution in [0.5, 0.6) is 0 Å². The zero-order chi connectivity index (χ0) is 20.8. The summed E-state index contributed by atoms with van der Waals surface area (Å²) in [5.41, 5.74) is 11.6. The van der Waals surface area contributed by atoms with Crippen molar-refractivity contribution >= 4 is 14.0 Å². The van der Waals surface area contributed by atoms with Gasteiger partial charge in [0.05, 0.1) is 0 Å². The Morgan fingerprint density at radius 2 is 1.07 bits per heavy atom. The van der Waals surface area contributed by atoms with Gasteiger partial charge in [-0.2, -0.15) is 0 Å². The van der Waals surface area contributed by atoms with Crippen LogP contribution >= 0.6 is 0 Å². The SMILES string of the molecule is CCC=C(C)NO[Si](ONC(C)=CCC)(ONC(C)=CCC)c1ccccc1. The van der Waals surface area contributed by atoms with Gasteiger partial charge in [-0.3, -0.25) is 30.0 Å². The molecule has 0 aliphatic rings. The Hall–Kier alpha value is -2.06. The number of hydrogen-bond acceptors (Lipinski definition) is 6. The predicted molar refractivity (Wildman–Crippen MR) is 117 cm³/mol. The average Bonchev–Trinajstić information content (AvgIpc) is 2.69. The molecule has 7 heteroatoms. The molecule has 1 aromatic rings. The summed E-state index contributed by atoms with van der Waals surface area (Å²) >= 11 is 0. The molecule has 0 unspecified atom stereocenters. The fourth-order valence-electron chi connectivity index (χ4n) is 2.37. The molecule has 0 heterocycles. The second kappa shape index (κ2) is 13.2. The molecule has 3 N–H and O–H groups in total. The fraction of sp³-hybridized carbons (Fsp3) is 0.429.